The Morgan fingerprint density at radius 2 is 2.06 bits per heavy atom. The van der Waals surface area contributed by atoms with Crippen molar-refractivity contribution in [2.24, 2.45) is 0 Å². The van der Waals surface area contributed by atoms with Gasteiger partial charge in [0.1, 0.15) is 18.1 Å². The molecule has 0 heterocycles. The third-order valence-electron chi connectivity index (χ3n) is 1.97. The summed E-state index contributed by atoms with van der Waals surface area (Å²) in [6, 6.07) is 5.26. The molecule has 1 N–H and O–H groups in total. The molecule has 88 valence electrons. The highest BCUT2D eigenvalue weighted by atomic mass is 16.5. The predicted molar refractivity (Wildman–Crippen MR) is 56.8 cm³/mol. The van der Waals surface area contributed by atoms with Crippen LogP contribution in [0.1, 0.15) is 5.56 Å². The smallest absolute Gasteiger partial charge is 0.329 e. The number of hydrogen-bond donors (Lipinski definition) is 1. The maximum absolute atomic E-state index is 10.3. The first-order valence-corrected chi connectivity index (χ1v) is 4.67. The topological polar surface area (TPSA) is 65.0 Å². The monoisotopic (exact) mass is 226 g/mol. The van der Waals surface area contributed by atoms with Crippen LogP contribution >= 0.6 is 0 Å². The van der Waals surface area contributed by atoms with E-state index in [1.165, 1.54) is 0 Å². The van der Waals surface area contributed by atoms with Crippen LogP contribution in [0.5, 0.6) is 11.5 Å². The highest BCUT2D eigenvalue weighted by Crippen LogP contribution is 2.24. The van der Waals surface area contributed by atoms with Crippen LogP contribution in [0.2, 0.25) is 0 Å². The molecule has 0 bridgehead atoms. The van der Waals surface area contributed by atoms with Gasteiger partial charge in [-0.05, 0) is 18.2 Å². The SMILES string of the molecule is COc1ccc(OC)c(COCC(=O)O)c1. The van der Waals surface area contributed by atoms with E-state index in [0.29, 0.717) is 11.5 Å². The van der Waals surface area contributed by atoms with Crippen molar-refractivity contribution in [1.29, 1.82) is 0 Å². The number of aliphatic carboxylic acids is 1. The first-order chi connectivity index (χ1) is 7.67. The molecular formula is C11H14O5. The molecule has 0 aliphatic rings. The van der Waals surface area contributed by atoms with Crippen molar-refractivity contribution < 1.29 is 24.1 Å². The summed E-state index contributed by atoms with van der Waals surface area (Å²) in [6.45, 7) is -0.160. The van der Waals surface area contributed by atoms with Crippen molar-refractivity contribution >= 4 is 5.97 Å². The number of ether oxygens (including phenoxy) is 3. The lowest BCUT2D eigenvalue weighted by molar-refractivity contribution is -0.142. The molecule has 5 heteroatoms. The number of methoxy groups -OCH3 is 2. The molecule has 0 fully saturated rings. The number of benzene rings is 1. The van der Waals surface area contributed by atoms with Gasteiger partial charge in [-0.15, -0.1) is 0 Å². The summed E-state index contributed by atoms with van der Waals surface area (Å²) in [5, 5.41) is 8.44. The van der Waals surface area contributed by atoms with Crippen molar-refractivity contribution in [3.63, 3.8) is 0 Å². The Hall–Kier alpha value is -1.75. The van der Waals surface area contributed by atoms with E-state index in [1.807, 2.05) is 0 Å². The fourth-order valence-electron chi connectivity index (χ4n) is 1.24. The molecule has 0 spiro atoms. The minimum Gasteiger partial charge on any atom is -0.497 e. The molecule has 0 amide bonds. The number of rotatable bonds is 6. The molecule has 1 rings (SSSR count). The second kappa shape index (κ2) is 5.97. The highest BCUT2D eigenvalue weighted by Gasteiger charge is 2.06. The van der Waals surface area contributed by atoms with Crippen LogP contribution in [0.25, 0.3) is 0 Å². The van der Waals surface area contributed by atoms with E-state index >= 15 is 0 Å². The van der Waals surface area contributed by atoms with Crippen molar-refractivity contribution in [3.8, 4) is 11.5 Å². The molecular weight excluding hydrogens is 212 g/mol. The molecule has 0 aromatic heterocycles. The maximum atomic E-state index is 10.3. The minimum absolute atomic E-state index is 0.173. The third kappa shape index (κ3) is 3.43. The van der Waals surface area contributed by atoms with Crippen LogP contribution in [0.3, 0.4) is 0 Å². The van der Waals surface area contributed by atoms with Gasteiger partial charge in [0.15, 0.2) is 0 Å². The van der Waals surface area contributed by atoms with Gasteiger partial charge in [-0.1, -0.05) is 0 Å². The zero-order chi connectivity index (χ0) is 12.0. The molecule has 0 unspecified atom stereocenters. The number of carboxylic acid groups (broad SMARTS) is 1. The molecule has 0 saturated carbocycles. The lowest BCUT2D eigenvalue weighted by Gasteiger charge is -2.10. The zero-order valence-corrected chi connectivity index (χ0v) is 9.23. The normalized spacial score (nSPS) is 9.88. The van der Waals surface area contributed by atoms with Gasteiger partial charge >= 0.3 is 5.97 Å². The Labute approximate surface area is 93.6 Å². The lowest BCUT2D eigenvalue weighted by Crippen LogP contribution is -2.07. The Morgan fingerprint density at radius 3 is 2.62 bits per heavy atom. The van der Waals surface area contributed by atoms with Crippen LogP contribution in [0, 0.1) is 0 Å². The van der Waals surface area contributed by atoms with Crippen LogP contribution in [-0.2, 0) is 16.1 Å². The van der Waals surface area contributed by atoms with Crippen LogP contribution < -0.4 is 9.47 Å². The molecule has 0 atom stereocenters. The zero-order valence-electron chi connectivity index (χ0n) is 9.23. The van der Waals surface area contributed by atoms with E-state index in [1.54, 1.807) is 32.4 Å². The predicted octanol–water partition coefficient (Wildman–Crippen LogP) is 1.30. The van der Waals surface area contributed by atoms with Gasteiger partial charge in [0.2, 0.25) is 0 Å². The van der Waals surface area contributed by atoms with Crippen LogP contribution in [0.4, 0.5) is 0 Å². The van der Waals surface area contributed by atoms with E-state index in [4.69, 9.17) is 19.3 Å². The Morgan fingerprint density at radius 1 is 1.31 bits per heavy atom. The number of hydrogen-bond acceptors (Lipinski definition) is 4. The van der Waals surface area contributed by atoms with E-state index in [-0.39, 0.29) is 13.2 Å². The van der Waals surface area contributed by atoms with E-state index < -0.39 is 5.97 Å². The molecule has 1 aromatic carbocycles. The average molecular weight is 226 g/mol. The van der Waals surface area contributed by atoms with Crippen molar-refractivity contribution in [2.45, 2.75) is 6.61 Å². The van der Waals surface area contributed by atoms with Gasteiger partial charge in [0.25, 0.3) is 0 Å². The second-order valence-electron chi connectivity index (χ2n) is 3.06. The van der Waals surface area contributed by atoms with Crippen molar-refractivity contribution in [2.75, 3.05) is 20.8 Å². The van der Waals surface area contributed by atoms with E-state index in [9.17, 15) is 4.79 Å². The quantitative estimate of drug-likeness (QED) is 0.792. The summed E-state index contributed by atoms with van der Waals surface area (Å²) in [6.07, 6.45) is 0. The Kier molecular flexibility index (Phi) is 4.60. The summed E-state index contributed by atoms with van der Waals surface area (Å²) in [5.41, 5.74) is 0.753. The number of carbonyl (C=O) groups is 1. The largest absolute Gasteiger partial charge is 0.497 e. The number of carboxylic acids is 1. The van der Waals surface area contributed by atoms with Gasteiger partial charge in [-0.2, -0.15) is 0 Å². The van der Waals surface area contributed by atoms with Crippen molar-refractivity contribution in [3.05, 3.63) is 23.8 Å². The summed E-state index contributed by atoms with van der Waals surface area (Å²) in [7, 11) is 3.10. The lowest BCUT2D eigenvalue weighted by atomic mass is 10.2. The third-order valence-corrected chi connectivity index (χ3v) is 1.97. The highest BCUT2D eigenvalue weighted by molar-refractivity contribution is 5.68. The molecule has 0 aliphatic carbocycles. The van der Waals surface area contributed by atoms with Crippen LogP contribution in [0.15, 0.2) is 18.2 Å². The van der Waals surface area contributed by atoms with Gasteiger partial charge in [0.05, 0.1) is 20.8 Å². The van der Waals surface area contributed by atoms with Gasteiger partial charge in [0, 0.05) is 5.56 Å². The maximum Gasteiger partial charge on any atom is 0.329 e. The van der Waals surface area contributed by atoms with Crippen molar-refractivity contribution in [1.82, 2.24) is 0 Å². The van der Waals surface area contributed by atoms with E-state index in [2.05, 4.69) is 0 Å². The second-order valence-corrected chi connectivity index (χ2v) is 3.06. The first kappa shape index (κ1) is 12.3. The summed E-state index contributed by atoms with van der Waals surface area (Å²) in [5.74, 6) is 0.322. The first-order valence-electron chi connectivity index (χ1n) is 4.67. The molecule has 5 nitrogen and oxygen atoms in total. The fourth-order valence-corrected chi connectivity index (χ4v) is 1.24. The fraction of sp³-hybridized carbons (Fsp3) is 0.364. The van der Waals surface area contributed by atoms with E-state index in [0.717, 1.165) is 5.56 Å². The average Bonchev–Trinajstić information content (AvgIpc) is 2.28. The summed E-state index contributed by atoms with van der Waals surface area (Å²) >= 11 is 0. The summed E-state index contributed by atoms with van der Waals surface area (Å²) in [4.78, 5) is 10.3. The molecule has 0 radical (unpaired) electrons. The van der Waals surface area contributed by atoms with Crippen LogP contribution in [-0.4, -0.2) is 31.9 Å². The Bertz CT molecular complexity index is 361. The molecule has 1 aromatic rings. The van der Waals surface area contributed by atoms with Gasteiger partial charge in [-0.25, -0.2) is 4.79 Å². The standard InChI is InChI=1S/C11H14O5/c1-14-9-3-4-10(15-2)8(5-9)6-16-7-11(12)13/h3-5H,6-7H2,1-2H3,(H,12,13). The molecule has 16 heavy (non-hydrogen) atoms. The van der Waals surface area contributed by atoms with Gasteiger partial charge < -0.3 is 19.3 Å². The van der Waals surface area contributed by atoms with Gasteiger partial charge in [-0.3, -0.25) is 0 Å². The molecule has 0 saturated heterocycles. The molecule has 0 aliphatic heterocycles. The minimum atomic E-state index is -0.998. The summed E-state index contributed by atoms with van der Waals surface area (Å²) < 4.78 is 15.2. The Balaban J connectivity index is 2.71.